The Hall–Kier alpha value is -0.0400. The third-order valence-corrected chi connectivity index (χ3v) is 3.48. The van der Waals surface area contributed by atoms with Crippen LogP contribution in [-0.4, -0.2) is 12.1 Å². The predicted octanol–water partition coefficient (Wildman–Crippen LogP) is 3.73. The molecule has 1 nitrogen and oxygen atoms in total. The molecule has 0 aromatic rings. The Kier molecular flexibility index (Phi) is 4.43. The zero-order valence-corrected chi connectivity index (χ0v) is 10.4. The Morgan fingerprint density at radius 3 is 2.64 bits per heavy atom. The summed E-state index contributed by atoms with van der Waals surface area (Å²) < 4.78 is 0. The first kappa shape index (κ1) is 12.0. The van der Waals surface area contributed by atoms with E-state index >= 15 is 0 Å². The van der Waals surface area contributed by atoms with Crippen molar-refractivity contribution < 1.29 is 0 Å². The van der Waals surface area contributed by atoms with Crippen LogP contribution in [0.1, 0.15) is 66.2 Å². The third kappa shape index (κ3) is 4.00. The normalized spacial score (nSPS) is 27.9. The highest BCUT2D eigenvalue weighted by Gasteiger charge is 2.30. The molecule has 0 saturated heterocycles. The Morgan fingerprint density at radius 1 is 1.43 bits per heavy atom. The van der Waals surface area contributed by atoms with E-state index in [0.29, 0.717) is 11.5 Å². The van der Waals surface area contributed by atoms with Gasteiger partial charge in [-0.25, -0.2) is 0 Å². The second-order valence-corrected chi connectivity index (χ2v) is 5.81. The van der Waals surface area contributed by atoms with Gasteiger partial charge in [-0.15, -0.1) is 0 Å². The second-order valence-electron chi connectivity index (χ2n) is 5.81. The molecule has 84 valence electrons. The summed E-state index contributed by atoms with van der Waals surface area (Å²) in [5.41, 5.74) is 0.585. The number of nitrogens with one attached hydrogen (secondary N) is 1. The van der Waals surface area contributed by atoms with Gasteiger partial charge in [-0.3, -0.25) is 0 Å². The summed E-state index contributed by atoms with van der Waals surface area (Å²) in [6.07, 6.45) is 8.16. The number of hydrogen-bond donors (Lipinski definition) is 1. The molecule has 0 amide bonds. The fourth-order valence-electron chi connectivity index (χ4n) is 2.57. The minimum Gasteiger partial charge on any atom is -0.311 e. The van der Waals surface area contributed by atoms with E-state index in [1.165, 1.54) is 38.5 Å². The molecule has 2 unspecified atom stereocenters. The summed E-state index contributed by atoms with van der Waals surface area (Å²) in [4.78, 5) is 0. The summed E-state index contributed by atoms with van der Waals surface area (Å²) in [7, 11) is 0. The summed E-state index contributed by atoms with van der Waals surface area (Å²) in [6, 6.07) is 1.51. The fraction of sp³-hybridized carbons (Fsp3) is 1.00. The van der Waals surface area contributed by atoms with E-state index in [1.807, 2.05) is 0 Å². The van der Waals surface area contributed by atoms with Crippen LogP contribution >= 0.6 is 0 Å². The Labute approximate surface area is 89.7 Å². The summed E-state index contributed by atoms with van der Waals surface area (Å²) in [5, 5.41) is 3.77. The van der Waals surface area contributed by atoms with Gasteiger partial charge in [0.15, 0.2) is 0 Å². The minimum atomic E-state index is 0.585. The van der Waals surface area contributed by atoms with E-state index in [9.17, 15) is 0 Å². The van der Waals surface area contributed by atoms with Gasteiger partial charge < -0.3 is 5.32 Å². The third-order valence-electron chi connectivity index (χ3n) is 3.48. The van der Waals surface area contributed by atoms with Crippen molar-refractivity contribution in [3.63, 3.8) is 0 Å². The molecular weight excluding hydrogens is 170 g/mol. The van der Waals surface area contributed by atoms with Crippen molar-refractivity contribution in [1.29, 1.82) is 0 Å². The molecule has 0 aromatic carbocycles. The molecule has 0 radical (unpaired) electrons. The smallest absolute Gasteiger partial charge is 0.00748 e. The lowest BCUT2D eigenvalue weighted by molar-refractivity contribution is 0.350. The van der Waals surface area contributed by atoms with Gasteiger partial charge in [0.2, 0.25) is 0 Å². The molecule has 1 heteroatoms. The highest BCUT2D eigenvalue weighted by molar-refractivity contribution is 4.87. The van der Waals surface area contributed by atoms with E-state index in [1.54, 1.807) is 0 Å². The average Bonchev–Trinajstić information content (AvgIpc) is 2.42. The van der Waals surface area contributed by atoms with Crippen LogP contribution in [0.2, 0.25) is 0 Å². The van der Waals surface area contributed by atoms with Crippen LogP contribution in [0.5, 0.6) is 0 Å². The molecule has 0 spiro atoms. The van der Waals surface area contributed by atoms with E-state index in [0.717, 1.165) is 6.04 Å². The maximum absolute atomic E-state index is 3.77. The van der Waals surface area contributed by atoms with Crippen LogP contribution in [0.15, 0.2) is 0 Å². The molecule has 1 saturated carbocycles. The molecule has 0 aromatic heterocycles. The topological polar surface area (TPSA) is 12.0 Å². The van der Waals surface area contributed by atoms with E-state index in [4.69, 9.17) is 0 Å². The average molecular weight is 197 g/mol. The maximum Gasteiger partial charge on any atom is 0.00748 e. The van der Waals surface area contributed by atoms with Crippen LogP contribution in [0.3, 0.4) is 0 Å². The Balaban J connectivity index is 2.18. The lowest BCUT2D eigenvalue weighted by atomic mass is 9.92. The molecule has 1 aliphatic carbocycles. The van der Waals surface area contributed by atoms with Gasteiger partial charge in [0.25, 0.3) is 0 Å². The Morgan fingerprint density at radius 2 is 2.14 bits per heavy atom. The van der Waals surface area contributed by atoms with Gasteiger partial charge in [0.05, 0.1) is 0 Å². The molecule has 0 bridgehead atoms. The number of hydrogen-bond acceptors (Lipinski definition) is 1. The summed E-state index contributed by atoms with van der Waals surface area (Å²) in [6.45, 7) is 9.39. The van der Waals surface area contributed by atoms with Crippen LogP contribution in [0.25, 0.3) is 0 Å². The van der Waals surface area contributed by atoms with Crippen molar-refractivity contribution in [3.8, 4) is 0 Å². The van der Waals surface area contributed by atoms with E-state index < -0.39 is 0 Å². The first-order valence-electron chi connectivity index (χ1n) is 6.29. The Bertz CT molecular complexity index is 163. The van der Waals surface area contributed by atoms with Gasteiger partial charge in [0, 0.05) is 12.1 Å². The highest BCUT2D eigenvalue weighted by atomic mass is 14.9. The number of rotatable bonds is 5. The SMILES string of the molecule is CCCCC(C)NC1CCC(C)(C)C1. The minimum absolute atomic E-state index is 0.585. The molecule has 0 heterocycles. The van der Waals surface area contributed by atoms with Gasteiger partial charge in [0.1, 0.15) is 0 Å². The van der Waals surface area contributed by atoms with Gasteiger partial charge in [-0.05, 0) is 38.0 Å². The summed E-state index contributed by atoms with van der Waals surface area (Å²) >= 11 is 0. The van der Waals surface area contributed by atoms with E-state index in [-0.39, 0.29) is 0 Å². The zero-order valence-electron chi connectivity index (χ0n) is 10.4. The quantitative estimate of drug-likeness (QED) is 0.708. The van der Waals surface area contributed by atoms with Gasteiger partial charge >= 0.3 is 0 Å². The van der Waals surface area contributed by atoms with Crippen molar-refractivity contribution in [2.75, 3.05) is 0 Å². The summed E-state index contributed by atoms with van der Waals surface area (Å²) in [5.74, 6) is 0. The van der Waals surface area contributed by atoms with Crippen molar-refractivity contribution in [1.82, 2.24) is 5.32 Å². The zero-order chi connectivity index (χ0) is 10.6. The molecular formula is C13H27N. The first-order valence-corrected chi connectivity index (χ1v) is 6.29. The lowest BCUT2D eigenvalue weighted by Crippen LogP contribution is -2.35. The van der Waals surface area contributed by atoms with Crippen molar-refractivity contribution >= 4 is 0 Å². The van der Waals surface area contributed by atoms with Crippen LogP contribution in [-0.2, 0) is 0 Å². The molecule has 1 rings (SSSR count). The molecule has 0 aliphatic heterocycles. The number of unbranched alkanes of at least 4 members (excludes halogenated alkanes) is 1. The first-order chi connectivity index (χ1) is 6.53. The maximum atomic E-state index is 3.77. The monoisotopic (exact) mass is 197 g/mol. The van der Waals surface area contributed by atoms with Crippen LogP contribution in [0.4, 0.5) is 0 Å². The fourth-order valence-corrected chi connectivity index (χ4v) is 2.57. The second kappa shape index (κ2) is 5.16. The van der Waals surface area contributed by atoms with Crippen LogP contribution < -0.4 is 5.32 Å². The largest absolute Gasteiger partial charge is 0.311 e. The standard InChI is InChI=1S/C13H27N/c1-5-6-7-11(2)14-12-8-9-13(3,4)10-12/h11-12,14H,5-10H2,1-4H3. The molecule has 1 fully saturated rings. The van der Waals surface area contributed by atoms with Gasteiger partial charge in [-0.1, -0.05) is 33.6 Å². The molecule has 2 atom stereocenters. The molecule has 1 aliphatic rings. The van der Waals surface area contributed by atoms with Crippen molar-refractivity contribution in [3.05, 3.63) is 0 Å². The highest BCUT2D eigenvalue weighted by Crippen LogP contribution is 2.37. The molecule has 1 N–H and O–H groups in total. The van der Waals surface area contributed by atoms with Gasteiger partial charge in [-0.2, -0.15) is 0 Å². The van der Waals surface area contributed by atoms with Crippen molar-refractivity contribution in [2.24, 2.45) is 5.41 Å². The van der Waals surface area contributed by atoms with E-state index in [2.05, 4.69) is 33.0 Å². The van der Waals surface area contributed by atoms with Crippen molar-refractivity contribution in [2.45, 2.75) is 78.3 Å². The lowest BCUT2D eigenvalue weighted by Gasteiger charge is -2.21. The van der Waals surface area contributed by atoms with Crippen LogP contribution in [0, 0.1) is 5.41 Å². The predicted molar refractivity (Wildman–Crippen MR) is 63.5 cm³/mol. The molecule has 14 heavy (non-hydrogen) atoms.